The zero-order valence-electron chi connectivity index (χ0n) is 20.7. The Labute approximate surface area is 186 Å². The van der Waals surface area contributed by atoms with Crippen LogP contribution in [0.3, 0.4) is 0 Å². The number of amides is 1. The molecule has 0 aromatic carbocycles. The molecule has 30 heavy (non-hydrogen) atoms. The van der Waals surface area contributed by atoms with Gasteiger partial charge in [-0.15, -0.1) is 0 Å². The fourth-order valence-corrected chi connectivity index (χ4v) is 3.57. The van der Waals surface area contributed by atoms with Crippen LogP contribution >= 0.6 is 0 Å². The van der Waals surface area contributed by atoms with E-state index in [1.165, 1.54) is 77.6 Å². The number of nitrogens with one attached hydrogen (secondary N) is 1. The molecule has 1 amide bonds. The second-order valence-corrected chi connectivity index (χ2v) is 9.61. The Morgan fingerprint density at radius 3 is 1.63 bits per heavy atom. The first-order valence-electron chi connectivity index (χ1n) is 12.3. The number of carbonyl (C=O) groups is 2. The highest BCUT2D eigenvalue weighted by molar-refractivity contribution is 5.68. The van der Waals surface area contributed by atoms with Crippen LogP contribution in [0.5, 0.6) is 0 Å². The lowest BCUT2D eigenvalue weighted by atomic mass is 10.0. The van der Waals surface area contributed by atoms with Crippen LogP contribution in [0.25, 0.3) is 0 Å². The summed E-state index contributed by atoms with van der Waals surface area (Å²) in [5, 5.41) is 2.80. The largest absolute Gasteiger partial charge is 0.460 e. The maximum Gasteiger partial charge on any atom is 0.407 e. The molecule has 0 aliphatic heterocycles. The van der Waals surface area contributed by atoms with Gasteiger partial charge in [-0.2, -0.15) is 0 Å². The van der Waals surface area contributed by atoms with Crippen LogP contribution in [0.2, 0.25) is 0 Å². The minimum Gasteiger partial charge on any atom is -0.460 e. The molecule has 0 spiro atoms. The average molecular weight is 428 g/mol. The van der Waals surface area contributed by atoms with Crippen molar-refractivity contribution in [2.24, 2.45) is 0 Å². The Morgan fingerprint density at radius 1 is 0.800 bits per heavy atom. The van der Waals surface area contributed by atoms with Crippen molar-refractivity contribution in [2.45, 2.75) is 149 Å². The van der Waals surface area contributed by atoms with Crippen molar-refractivity contribution in [3.63, 3.8) is 0 Å². The molecule has 0 rings (SSSR count). The van der Waals surface area contributed by atoms with Gasteiger partial charge < -0.3 is 14.8 Å². The first kappa shape index (κ1) is 28.7. The third-order valence-electron chi connectivity index (χ3n) is 5.21. The third-order valence-corrected chi connectivity index (χ3v) is 5.21. The molecule has 0 bridgehead atoms. The predicted octanol–water partition coefficient (Wildman–Crippen LogP) is 7.31. The van der Waals surface area contributed by atoms with E-state index in [1.54, 1.807) is 0 Å². The summed E-state index contributed by atoms with van der Waals surface area (Å²) in [4.78, 5) is 23.4. The molecule has 5 heteroatoms. The van der Waals surface area contributed by atoms with Crippen LogP contribution in [-0.2, 0) is 14.3 Å². The van der Waals surface area contributed by atoms with Gasteiger partial charge in [-0.1, -0.05) is 84.0 Å². The van der Waals surface area contributed by atoms with Gasteiger partial charge >= 0.3 is 12.1 Å². The summed E-state index contributed by atoms with van der Waals surface area (Å²) in [5.74, 6) is -0.312. The molecular weight excluding hydrogens is 378 g/mol. The monoisotopic (exact) mass is 427 g/mol. The number of esters is 1. The van der Waals surface area contributed by atoms with E-state index in [9.17, 15) is 9.59 Å². The second-order valence-electron chi connectivity index (χ2n) is 9.61. The van der Waals surface area contributed by atoms with Crippen LogP contribution in [-0.4, -0.2) is 29.8 Å². The van der Waals surface area contributed by atoms with Crippen molar-refractivity contribution in [3.05, 3.63) is 0 Å². The highest BCUT2D eigenvalue weighted by Gasteiger charge is 2.24. The van der Waals surface area contributed by atoms with Gasteiger partial charge in [0.05, 0.1) is 6.04 Å². The number of hydrogen-bond acceptors (Lipinski definition) is 4. The smallest absolute Gasteiger partial charge is 0.407 e. The number of alkyl carbamates (subject to hydrolysis) is 1. The molecule has 5 nitrogen and oxygen atoms in total. The lowest BCUT2D eigenvalue weighted by Gasteiger charge is -2.26. The summed E-state index contributed by atoms with van der Waals surface area (Å²) < 4.78 is 10.7. The Balaban J connectivity index is 3.89. The highest BCUT2D eigenvalue weighted by atomic mass is 16.6. The summed E-state index contributed by atoms with van der Waals surface area (Å²) in [7, 11) is 0. The van der Waals surface area contributed by atoms with Crippen molar-refractivity contribution in [2.75, 3.05) is 0 Å². The molecule has 0 fully saturated rings. The molecule has 2 atom stereocenters. The van der Waals surface area contributed by atoms with E-state index in [2.05, 4.69) is 12.2 Å². The highest BCUT2D eigenvalue weighted by Crippen LogP contribution is 2.16. The minimum absolute atomic E-state index is 0.277. The molecule has 0 unspecified atom stereocenters. The van der Waals surface area contributed by atoms with E-state index < -0.39 is 11.7 Å². The molecule has 178 valence electrons. The van der Waals surface area contributed by atoms with Crippen LogP contribution < -0.4 is 5.32 Å². The Morgan fingerprint density at radius 2 is 1.23 bits per heavy atom. The Hall–Kier alpha value is -1.26. The van der Waals surface area contributed by atoms with Crippen LogP contribution in [0.4, 0.5) is 4.79 Å². The molecule has 0 aliphatic carbocycles. The van der Waals surface area contributed by atoms with Gasteiger partial charge in [0.2, 0.25) is 0 Å². The van der Waals surface area contributed by atoms with E-state index in [-0.39, 0.29) is 18.1 Å². The first-order chi connectivity index (χ1) is 14.2. The van der Waals surface area contributed by atoms with Crippen LogP contribution in [0.15, 0.2) is 0 Å². The number of ether oxygens (including phenoxy) is 2. The summed E-state index contributed by atoms with van der Waals surface area (Å²) in [6, 6.07) is -0.277. The SMILES string of the molecule is CCCCCCCCCCCCCCC[C@@H](OC(C)=O)[C@H](C)NC(=O)OC(C)(C)C. The summed E-state index contributed by atoms with van der Waals surface area (Å²) in [6.45, 7) is 11.0. The van der Waals surface area contributed by atoms with Gasteiger partial charge in [0.15, 0.2) is 0 Å². The predicted molar refractivity (Wildman–Crippen MR) is 125 cm³/mol. The number of carbonyl (C=O) groups excluding carboxylic acids is 2. The minimum atomic E-state index is -0.546. The zero-order valence-corrected chi connectivity index (χ0v) is 20.7. The van der Waals surface area contributed by atoms with Crippen molar-refractivity contribution in [1.29, 1.82) is 0 Å². The molecular formula is C25H49NO4. The lowest BCUT2D eigenvalue weighted by molar-refractivity contribution is -0.148. The maximum atomic E-state index is 12.0. The fraction of sp³-hybridized carbons (Fsp3) is 0.920. The molecule has 0 aliphatic rings. The van der Waals surface area contributed by atoms with Gasteiger partial charge in [-0.05, 0) is 40.5 Å². The molecule has 1 N–H and O–H groups in total. The third kappa shape index (κ3) is 18.7. The number of rotatable bonds is 17. The number of hydrogen-bond donors (Lipinski definition) is 1. The van der Waals surface area contributed by atoms with Gasteiger partial charge in [0.1, 0.15) is 11.7 Å². The van der Waals surface area contributed by atoms with Gasteiger partial charge in [-0.3, -0.25) is 4.79 Å². The van der Waals surface area contributed by atoms with Gasteiger partial charge in [0.25, 0.3) is 0 Å². The molecule has 0 aromatic heterocycles. The van der Waals surface area contributed by atoms with E-state index in [4.69, 9.17) is 9.47 Å². The molecule has 0 saturated heterocycles. The topological polar surface area (TPSA) is 64.6 Å². The molecule has 0 aromatic rings. The van der Waals surface area contributed by atoms with Crippen molar-refractivity contribution in [1.82, 2.24) is 5.32 Å². The lowest BCUT2D eigenvalue weighted by Crippen LogP contribution is -2.45. The van der Waals surface area contributed by atoms with Gasteiger partial charge in [-0.25, -0.2) is 4.79 Å². The van der Waals surface area contributed by atoms with Gasteiger partial charge in [0, 0.05) is 6.92 Å². The number of unbranched alkanes of at least 4 members (excludes halogenated alkanes) is 12. The van der Waals surface area contributed by atoms with Crippen molar-refractivity contribution >= 4 is 12.1 Å². The van der Waals surface area contributed by atoms with Crippen molar-refractivity contribution < 1.29 is 19.1 Å². The normalized spacial score (nSPS) is 13.5. The fourth-order valence-electron chi connectivity index (χ4n) is 3.57. The molecule has 0 radical (unpaired) electrons. The van der Waals surface area contributed by atoms with E-state index in [1.807, 2.05) is 27.7 Å². The summed E-state index contributed by atoms with van der Waals surface area (Å²) in [5.41, 5.74) is -0.546. The van der Waals surface area contributed by atoms with E-state index >= 15 is 0 Å². The maximum absolute atomic E-state index is 12.0. The summed E-state index contributed by atoms with van der Waals surface area (Å²) >= 11 is 0. The van der Waals surface area contributed by atoms with Crippen LogP contribution in [0.1, 0.15) is 131 Å². The first-order valence-corrected chi connectivity index (χ1v) is 12.3. The van der Waals surface area contributed by atoms with E-state index in [0.29, 0.717) is 0 Å². The van der Waals surface area contributed by atoms with Crippen LogP contribution in [0, 0.1) is 0 Å². The van der Waals surface area contributed by atoms with Crippen molar-refractivity contribution in [3.8, 4) is 0 Å². The molecule has 0 heterocycles. The Bertz CT molecular complexity index is 445. The quantitative estimate of drug-likeness (QED) is 0.195. The van der Waals surface area contributed by atoms with E-state index in [0.717, 1.165) is 19.3 Å². The average Bonchev–Trinajstić information content (AvgIpc) is 2.62. The second kappa shape index (κ2) is 17.4. The zero-order chi connectivity index (χ0) is 22.8. The standard InChI is InChI=1S/C25H49NO4/c1-7-8-9-10-11-12-13-14-15-16-17-18-19-20-23(29-22(3)27)21(2)26-24(28)30-25(4,5)6/h21,23H,7-20H2,1-6H3,(H,26,28)/t21-,23+/m0/s1. The summed E-state index contributed by atoms with van der Waals surface area (Å²) in [6.07, 6.45) is 16.9. The molecule has 0 saturated carbocycles. The Kier molecular flexibility index (Phi) is 16.7.